The Hall–Kier alpha value is 0.320. The third-order valence-electron chi connectivity index (χ3n) is 2.66. The van der Waals surface area contributed by atoms with Crippen LogP contribution in [0.1, 0.15) is 29.8 Å². The average Bonchev–Trinajstić information content (AvgIpc) is 2.93. The molecule has 0 amide bonds. The number of halogens is 2. The van der Waals surface area contributed by atoms with Crippen LogP contribution in [0, 0.1) is 0 Å². The minimum atomic E-state index is 0.415. The molecule has 0 aliphatic carbocycles. The third-order valence-corrected chi connectivity index (χ3v) is 5.90. The van der Waals surface area contributed by atoms with Gasteiger partial charge in [0.25, 0.3) is 0 Å². The van der Waals surface area contributed by atoms with Crippen LogP contribution in [-0.4, -0.2) is 6.54 Å². The number of hydrogen-bond acceptors (Lipinski definition) is 3. The van der Waals surface area contributed by atoms with E-state index in [-0.39, 0.29) is 0 Å². The van der Waals surface area contributed by atoms with Crippen molar-refractivity contribution in [2.45, 2.75) is 25.8 Å². The van der Waals surface area contributed by atoms with Crippen molar-refractivity contribution in [3.8, 4) is 0 Å². The molecule has 2 aromatic rings. The van der Waals surface area contributed by atoms with E-state index in [2.05, 4.69) is 67.0 Å². The van der Waals surface area contributed by atoms with E-state index >= 15 is 0 Å². The zero-order valence-corrected chi connectivity index (χ0v) is 14.9. The molecule has 2 aromatic heterocycles. The summed E-state index contributed by atoms with van der Waals surface area (Å²) in [6.07, 6.45) is 2.22. The van der Waals surface area contributed by atoms with Gasteiger partial charge in [0.1, 0.15) is 0 Å². The Morgan fingerprint density at radius 1 is 1.22 bits per heavy atom. The maximum absolute atomic E-state index is 3.63. The van der Waals surface area contributed by atoms with Gasteiger partial charge in [-0.1, -0.05) is 6.92 Å². The minimum absolute atomic E-state index is 0.415. The van der Waals surface area contributed by atoms with Gasteiger partial charge in [-0.15, -0.1) is 22.7 Å². The monoisotopic (exact) mass is 407 g/mol. The first-order valence-corrected chi connectivity index (χ1v) is 9.23. The summed E-state index contributed by atoms with van der Waals surface area (Å²) in [6.45, 7) is 3.26. The van der Waals surface area contributed by atoms with Gasteiger partial charge in [0.05, 0.1) is 3.79 Å². The molecule has 1 unspecified atom stereocenters. The molecule has 1 nitrogen and oxygen atoms in total. The topological polar surface area (TPSA) is 12.0 Å². The fraction of sp³-hybridized carbons (Fsp3) is 0.385. The summed E-state index contributed by atoms with van der Waals surface area (Å²) in [5.74, 6) is 0. The van der Waals surface area contributed by atoms with Crippen molar-refractivity contribution in [1.29, 1.82) is 0 Å². The third kappa shape index (κ3) is 4.17. The smallest absolute Gasteiger partial charge is 0.0701 e. The van der Waals surface area contributed by atoms with Crippen molar-refractivity contribution in [3.63, 3.8) is 0 Å². The van der Waals surface area contributed by atoms with E-state index in [0.29, 0.717) is 6.04 Å². The molecule has 0 bridgehead atoms. The first-order chi connectivity index (χ1) is 8.69. The summed E-state index contributed by atoms with van der Waals surface area (Å²) in [5.41, 5.74) is 1.38. The van der Waals surface area contributed by atoms with Crippen LogP contribution in [0.15, 0.2) is 31.2 Å². The molecule has 1 atom stereocenters. The van der Waals surface area contributed by atoms with E-state index in [1.807, 2.05) is 11.3 Å². The van der Waals surface area contributed by atoms with Crippen molar-refractivity contribution in [1.82, 2.24) is 5.32 Å². The van der Waals surface area contributed by atoms with Crippen LogP contribution in [0.2, 0.25) is 0 Å². The number of thiophene rings is 2. The lowest BCUT2D eigenvalue weighted by Gasteiger charge is -2.16. The molecular formula is C13H15Br2NS2. The summed E-state index contributed by atoms with van der Waals surface area (Å²) in [6, 6.07) is 4.85. The van der Waals surface area contributed by atoms with E-state index in [4.69, 9.17) is 0 Å². The van der Waals surface area contributed by atoms with Crippen LogP contribution in [0.4, 0.5) is 0 Å². The van der Waals surface area contributed by atoms with Gasteiger partial charge in [-0.2, -0.15) is 0 Å². The first kappa shape index (κ1) is 14.7. The summed E-state index contributed by atoms with van der Waals surface area (Å²) in [4.78, 5) is 1.41. The second-order valence-corrected chi connectivity index (χ2v) is 8.33. The molecule has 98 valence electrons. The Bertz CT molecular complexity index is 493. The molecule has 0 saturated heterocycles. The van der Waals surface area contributed by atoms with Gasteiger partial charge in [0, 0.05) is 27.2 Å². The van der Waals surface area contributed by atoms with E-state index < -0.39 is 0 Å². The highest BCUT2D eigenvalue weighted by molar-refractivity contribution is 9.11. The zero-order valence-electron chi connectivity index (χ0n) is 10.1. The van der Waals surface area contributed by atoms with Crippen LogP contribution in [0.25, 0.3) is 0 Å². The lowest BCUT2D eigenvalue weighted by molar-refractivity contribution is 0.533. The Balaban J connectivity index is 2.09. The maximum Gasteiger partial charge on any atom is 0.0701 e. The standard InChI is InChI=1S/C13H15Br2NS2/c1-2-3-16-12(9-4-13(15)18-7-9)6-11-5-10(14)8-17-11/h4-5,7-8,12,16H,2-3,6H2,1H3. The molecule has 0 radical (unpaired) electrons. The zero-order chi connectivity index (χ0) is 13.0. The lowest BCUT2D eigenvalue weighted by Crippen LogP contribution is -2.23. The SMILES string of the molecule is CCCNC(Cc1cc(Br)cs1)c1csc(Br)c1. The van der Waals surface area contributed by atoms with Gasteiger partial charge >= 0.3 is 0 Å². The number of nitrogens with one attached hydrogen (secondary N) is 1. The fourth-order valence-electron chi connectivity index (χ4n) is 1.79. The highest BCUT2D eigenvalue weighted by atomic mass is 79.9. The predicted molar refractivity (Wildman–Crippen MR) is 88.8 cm³/mol. The molecule has 2 heterocycles. The highest BCUT2D eigenvalue weighted by Gasteiger charge is 2.14. The fourth-order valence-corrected chi connectivity index (χ4v) is 4.52. The van der Waals surface area contributed by atoms with Gasteiger partial charge in [-0.3, -0.25) is 0 Å². The molecule has 0 aliphatic heterocycles. The number of hydrogen-bond donors (Lipinski definition) is 1. The normalized spacial score (nSPS) is 12.8. The Morgan fingerprint density at radius 3 is 2.61 bits per heavy atom. The molecule has 18 heavy (non-hydrogen) atoms. The van der Waals surface area contributed by atoms with Crippen molar-refractivity contribution in [3.05, 3.63) is 41.6 Å². The largest absolute Gasteiger partial charge is 0.310 e. The van der Waals surface area contributed by atoms with E-state index in [1.165, 1.54) is 18.7 Å². The van der Waals surface area contributed by atoms with Gasteiger partial charge in [0.15, 0.2) is 0 Å². The second-order valence-electron chi connectivity index (χ2n) is 4.13. The van der Waals surface area contributed by atoms with Gasteiger partial charge in [-0.25, -0.2) is 0 Å². The Labute approximate surface area is 133 Å². The summed E-state index contributed by atoms with van der Waals surface area (Å²) >= 11 is 10.6. The van der Waals surface area contributed by atoms with Crippen LogP contribution < -0.4 is 5.32 Å². The quantitative estimate of drug-likeness (QED) is 0.654. The minimum Gasteiger partial charge on any atom is -0.310 e. The summed E-state index contributed by atoms with van der Waals surface area (Å²) < 4.78 is 2.39. The predicted octanol–water partition coefficient (Wildman–Crippen LogP) is 5.62. The molecule has 1 N–H and O–H groups in total. The number of rotatable bonds is 6. The molecule has 0 fully saturated rings. The molecule has 0 spiro atoms. The van der Waals surface area contributed by atoms with Gasteiger partial charge < -0.3 is 5.32 Å². The van der Waals surface area contributed by atoms with E-state index in [9.17, 15) is 0 Å². The molecule has 0 aromatic carbocycles. The van der Waals surface area contributed by atoms with Crippen molar-refractivity contribution in [2.24, 2.45) is 0 Å². The molecule has 0 saturated carbocycles. The Kier molecular flexibility index (Phi) is 5.89. The van der Waals surface area contributed by atoms with E-state index in [1.54, 1.807) is 11.3 Å². The molecular weight excluding hydrogens is 394 g/mol. The highest BCUT2D eigenvalue weighted by Crippen LogP contribution is 2.30. The van der Waals surface area contributed by atoms with Gasteiger partial charge in [0.2, 0.25) is 0 Å². The second kappa shape index (κ2) is 7.20. The van der Waals surface area contributed by atoms with Crippen LogP contribution >= 0.6 is 54.5 Å². The Morgan fingerprint density at radius 2 is 2.06 bits per heavy atom. The summed E-state index contributed by atoms with van der Waals surface area (Å²) in [7, 11) is 0. The van der Waals surface area contributed by atoms with E-state index in [0.717, 1.165) is 19.4 Å². The molecule has 0 aliphatic rings. The average molecular weight is 409 g/mol. The van der Waals surface area contributed by atoms with Crippen molar-refractivity contribution >= 4 is 54.5 Å². The summed E-state index contributed by atoms with van der Waals surface area (Å²) in [5, 5.41) is 8.02. The van der Waals surface area contributed by atoms with Crippen LogP contribution in [0.5, 0.6) is 0 Å². The molecule has 5 heteroatoms. The first-order valence-electron chi connectivity index (χ1n) is 5.89. The van der Waals surface area contributed by atoms with Crippen molar-refractivity contribution in [2.75, 3.05) is 6.54 Å². The van der Waals surface area contributed by atoms with Crippen molar-refractivity contribution < 1.29 is 0 Å². The van der Waals surface area contributed by atoms with Gasteiger partial charge in [-0.05, 0) is 67.9 Å². The van der Waals surface area contributed by atoms with Crippen LogP contribution in [-0.2, 0) is 6.42 Å². The maximum atomic E-state index is 3.63. The molecule has 2 rings (SSSR count). The lowest BCUT2D eigenvalue weighted by atomic mass is 10.1. The van der Waals surface area contributed by atoms with Crippen LogP contribution in [0.3, 0.4) is 0 Å².